The molecule has 0 rings (SSSR count). The molecule has 0 radical (unpaired) electrons. The molecule has 0 saturated carbocycles. The summed E-state index contributed by atoms with van der Waals surface area (Å²) in [6.45, 7) is 3.33. The van der Waals surface area contributed by atoms with E-state index in [1.54, 1.807) is 0 Å². The lowest BCUT2D eigenvalue weighted by atomic mass is 10.4. The molecule has 0 aromatic rings. The predicted molar refractivity (Wildman–Crippen MR) is 26.7 cm³/mol. The molecule has 0 aromatic carbocycles. The predicted octanol–water partition coefficient (Wildman–Crippen LogP) is 1.50. The van der Waals surface area contributed by atoms with Crippen molar-refractivity contribution < 1.29 is 9.13 Å². The Kier molecular flexibility index (Phi) is 3.61. The van der Waals surface area contributed by atoms with Crippen molar-refractivity contribution in [1.29, 1.82) is 0 Å². The normalized spacial score (nSPS) is 13.4. The first-order valence-electron chi connectivity index (χ1n) is 2.09. The van der Waals surface area contributed by atoms with E-state index in [1.807, 2.05) is 0 Å². The molecule has 0 heterocycles. The van der Waals surface area contributed by atoms with Crippen LogP contribution < -0.4 is 0 Å². The van der Waals surface area contributed by atoms with Gasteiger partial charge in [-0.1, -0.05) is 6.08 Å². The third-order valence-electron chi connectivity index (χ3n) is 0.608. The number of alkyl halides is 1. The van der Waals surface area contributed by atoms with Crippen molar-refractivity contribution in [2.45, 2.75) is 12.8 Å². The van der Waals surface area contributed by atoms with E-state index in [0.717, 1.165) is 0 Å². The minimum atomic E-state index is -1.17. The highest BCUT2D eigenvalue weighted by Crippen LogP contribution is 1.96. The van der Waals surface area contributed by atoms with Gasteiger partial charge in [-0.05, 0) is 0 Å². The van der Waals surface area contributed by atoms with Gasteiger partial charge < -0.3 is 4.74 Å². The highest BCUT2D eigenvalue weighted by Gasteiger charge is 1.95. The lowest BCUT2D eigenvalue weighted by molar-refractivity contribution is -0.00148. The minimum absolute atomic E-state index is 0.274. The summed E-state index contributed by atoms with van der Waals surface area (Å²) in [5, 5.41) is 0. The van der Waals surface area contributed by atoms with Crippen LogP contribution in [0.15, 0.2) is 12.7 Å². The molecule has 7 heavy (non-hydrogen) atoms. The number of methoxy groups -OCH3 is 1. The third kappa shape index (κ3) is 3.46. The van der Waals surface area contributed by atoms with Gasteiger partial charge in [0.2, 0.25) is 6.36 Å². The average Bonchev–Trinajstić information content (AvgIpc) is 1.68. The summed E-state index contributed by atoms with van der Waals surface area (Å²) >= 11 is 0. The van der Waals surface area contributed by atoms with Gasteiger partial charge in [-0.25, -0.2) is 4.39 Å². The zero-order valence-electron chi connectivity index (χ0n) is 4.36. The molecule has 0 aromatic heterocycles. The Hall–Kier alpha value is -0.370. The van der Waals surface area contributed by atoms with Gasteiger partial charge in [-0.3, -0.25) is 0 Å². The molecule has 0 amide bonds. The standard InChI is InChI=1S/C5H9FO/c1-3-4-5(6)7-2/h3,5H,1,4H2,2H3. The van der Waals surface area contributed by atoms with Gasteiger partial charge in [0.25, 0.3) is 0 Å². The smallest absolute Gasteiger partial charge is 0.201 e. The zero-order chi connectivity index (χ0) is 5.70. The molecule has 1 nitrogen and oxygen atoms in total. The van der Waals surface area contributed by atoms with Crippen molar-refractivity contribution >= 4 is 0 Å². The maximum Gasteiger partial charge on any atom is 0.201 e. The van der Waals surface area contributed by atoms with Crippen LogP contribution in [0.2, 0.25) is 0 Å². The fourth-order valence-electron chi connectivity index (χ4n) is 0.227. The maximum atomic E-state index is 11.8. The van der Waals surface area contributed by atoms with E-state index in [1.165, 1.54) is 13.2 Å². The molecule has 0 aliphatic carbocycles. The van der Waals surface area contributed by atoms with Crippen LogP contribution >= 0.6 is 0 Å². The third-order valence-corrected chi connectivity index (χ3v) is 0.608. The first kappa shape index (κ1) is 6.63. The quantitative estimate of drug-likeness (QED) is 0.493. The van der Waals surface area contributed by atoms with Crippen molar-refractivity contribution in [2.75, 3.05) is 7.11 Å². The van der Waals surface area contributed by atoms with E-state index in [0.29, 0.717) is 0 Å². The molecule has 1 atom stereocenters. The summed E-state index contributed by atoms with van der Waals surface area (Å²) in [6.07, 6.45) is 0.586. The first-order chi connectivity index (χ1) is 3.31. The van der Waals surface area contributed by atoms with Gasteiger partial charge in [0.05, 0.1) is 0 Å². The topological polar surface area (TPSA) is 9.23 Å². The van der Waals surface area contributed by atoms with E-state index in [4.69, 9.17) is 0 Å². The molecule has 0 bridgehead atoms. The van der Waals surface area contributed by atoms with Crippen LogP contribution in [-0.2, 0) is 4.74 Å². The summed E-state index contributed by atoms with van der Waals surface area (Å²) in [4.78, 5) is 0. The van der Waals surface area contributed by atoms with Gasteiger partial charge in [0, 0.05) is 13.5 Å². The van der Waals surface area contributed by atoms with Crippen LogP contribution in [0.5, 0.6) is 0 Å². The number of hydrogen-bond donors (Lipinski definition) is 0. The molecule has 2 heteroatoms. The summed E-state index contributed by atoms with van der Waals surface area (Å²) < 4.78 is 16.1. The van der Waals surface area contributed by atoms with E-state index < -0.39 is 6.36 Å². The Morgan fingerprint density at radius 2 is 2.57 bits per heavy atom. The Labute approximate surface area is 42.8 Å². The number of halogens is 1. The molecule has 42 valence electrons. The zero-order valence-corrected chi connectivity index (χ0v) is 4.36. The van der Waals surface area contributed by atoms with Gasteiger partial charge >= 0.3 is 0 Å². The molecule has 0 fully saturated rings. The van der Waals surface area contributed by atoms with Crippen LogP contribution in [0, 0.1) is 0 Å². The van der Waals surface area contributed by atoms with Gasteiger partial charge in [0.1, 0.15) is 0 Å². The summed E-state index contributed by atoms with van der Waals surface area (Å²) in [5.41, 5.74) is 0. The maximum absolute atomic E-state index is 11.8. The molecular formula is C5H9FO. The lowest BCUT2D eigenvalue weighted by Crippen LogP contribution is -1.98. The summed E-state index contributed by atoms with van der Waals surface area (Å²) in [6, 6.07) is 0. The van der Waals surface area contributed by atoms with Crippen molar-refractivity contribution in [2.24, 2.45) is 0 Å². The Balaban J connectivity index is 2.98. The second-order valence-corrected chi connectivity index (χ2v) is 1.17. The molecule has 0 saturated heterocycles. The highest BCUT2D eigenvalue weighted by molar-refractivity contribution is 4.66. The SMILES string of the molecule is C=CCC(F)OC. The van der Waals surface area contributed by atoms with Crippen molar-refractivity contribution in [1.82, 2.24) is 0 Å². The second-order valence-electron chi connectivity index (χ2n) is 1.17. The van der Waals surface area contributed by atoms with E-state index >= 15 is 0 Å². The monoisotopic (exact) mass is 104 g/mol. The number of hydrogen-bond acceptors (Lipinski definition) is 1. The van der Waals surface area contributed by atoms with E-state index in [-0.39, 0.29) is 6.42 Å². The molecule has 0 aliphatic rings. The minimum Gasteiger partial charge on any atom is -0.351 e. The van der Waals surface area contributed by atoms with E-state index in [9.17, 15) is 4.39 Å². The lowest BCUT2D eigenvalue weighted by Gasteiger charge is -1.98. The fourth-order valence-corrected chi connectivity index (χ4v) is 0.227. The van der Waals surface area contributed by atoms with Gasteiger partial charge in [-0.2, -0.15) is 0 Å². The molecule has 0 spiro atoms. The number of ether oxygens (including phenoxy) is 1. The van der Waals surface area contributed by atoms with Crippen LogP contribution in [0.25, 0.3) is 0 Å². The molecular weight excluding hydrogens is 95.1 g/mol. The second kappa shape index (κ2) is 3.81. The van der Waals surface area contributed by atoms with Crippen LogP contribution in [0.3, 0.4) is 0 Å². The van der Waals surface area contributed by atoms with Crippen LogP contribution in [-0.4, -0.2) is 13.5 Å². The Morgan fingerprint density at radius 1 is 2.00 bits per heavy atom. The largest absolute Gasteiger partial charge is 0.351 e. The molecule has 0 aliphatic heterocycles. The van der Waals surface area contributed by atoms with Crippen molar-refractivity contribution in [3.63, 3.8) is 0 Å². The van der Waals surface area contributed by atoms with Crippen molar-refractivity contribution in [3.05, 3.63) is 12.7 Å². The molecule has 0 N–H and O–H groups in total. The van der Waals surface area contributed by atoms with E-state index in [2.05, 4.69) is 11.3 Å². The summed E-state index contributed by atoms with van der Waals surface area (Å²) in [5.74, 6) is 0. The van der Waals surface area contributed by atoms with Crippen LogP contribution in [0.4, 0.5) is 4.39 Å². The Bertz CT molecular complexity index is 54.0. The van der Waals surface area contributed by atoms with Gasteiger partial charge in [0.15, 0.2) is 0 Å². The summed E-state index contributed by atoms with van der Waals surface area (Å²) in [7, 11) is 1.33. The number of rotatable bonds is 3. The Morgan fingerprint density at radius 3 is 2.71 bits per heavy atom. The average molecular weight is 104 g/mol. The van der Waals surface area contributed by atoms with Crippen molar-refractivity contribution in [3.8, 4) is 0 Å². The first-order valence-corrected chi connectivity index (χ1v) is 2.09. The fraction of sp³-hybridized carbons (Fsp3) is 0.600. The van der Waals surface area contributed by atoms with Gasteiger partial charge in [-0.15, -0.1) is 6.58 Å². The highest BCUT2D eigenvalue weighted by atomic mass is 19.1. The molecule has 1 unspecified atom stereocenters. The van der Waals surface area contributed by atoms with Crippen LogP contribution in [0.1, 0.15) is 6.42 Å².